The van der Waals surface area contributed by atoms with E-state index in [1.165, 1.54) is 22.6 Å². The largest absolute Gasteiger partial charge is 0.308 e. The van der Waals surface area contributed by atoms with Crippen LogP contribution in [0.5, 0.6) is 0 Å². The van der Waals surface area contributed by atoms with Gasteiger partial charge in [0.25, 0.3) is 0 Å². The standard InChI is InChI=1S/C13H16N2O2S2/c1-10-6-7-18-13(10)9-15-8-11-2-4-12(5-3-11)19(14,16)17/h2-7,15H,8-9H2,1H3,(H2,14,16,17). The first-order valence-corrected chi connectivity index (χ1v) is 8.25. The average molecular weight is 296 g/mol. The van der Waals surface area contributed by atoms with Crippen LogP contribution in [-0.2, 0) is 23.1 Å². The van der Waals surface area contributed by atoms with Crippen molar-refractivity contribution in [3.05, 3.63) is 51.7 Å². The summed E-state index contributed by atoms with van der Waals surface area (Å²) in [6.07, 6.45) is 0. The minimum Gasteiger partial charge on any atom is -0.308 e. The molecular weight excluding hydrogens is 280 g/mol. The third-order valence-corrected chi connectivity index (χ3v) is 4.79. The summed E-state index contributed by atoms with van der Waals surface area (Å²) in [6, 6.07) is 8.70. The zero-order chi connectivity index (χ0) is 13.9. The number of nitrogens with one attached hydrogen (secondary N) is 1. The van der Waals surface area contributed by atoms with Crippen molar-refractivity contribution in [3.8, 4) is 0 Å². The van der Waals surface area contributed by atoms with Crippen LogP contribution in [0, 0.1) is 6.92 Å². The van der Waals surface area contributed by atoms with E-state index in [2.05, 4.69) is 23.7 Å². The number of thiophene rings is 1. The number of benzene rings is 1. The first-order valence-electron chi connectivity index (χ1n) is 5.82. The van der Waals surface area contributed by atoms with E-state index >= 15 is 0 Å². The number of sulfonamides is 1. The van der Waals surface area contributed by atoms with Crippen LogP contribution in [0.15, 0.2) is 40.6 Å². The van der Waals surface area contributed by atoms with Crippen LogP contribution in [-0.4, -0.2) is 8.42 Å². The Morgan fingerprint density at radius 3 is 2.37 bits per heavy atom. The van der Waals surface area contributed by atoms with Gasteiger partial charge < -0.3 is 5.32 Å². The second-order valence-corrected chi connectivity index (χ2v) is 6.88. The summed E-state index contributed by atoms with van der Waals surface area (Å²) in [5.74, 6) is 0. The smallest absolute Gasteiger partial charge is 0.238 e. The van der Waals surface area contributed by atoms with Gasteiger partial charge in [0.1, 0.15) is 0 Å². The molecule has 102 valence electrons. The molecule has 1 heterocycles. The Bertz CT molecular complexity index is 646. The van der Waals surface area contributed by atoms with E-state index in [0.717, 1.165) is 12.1 Å². The first kappa shape index (κ1) is 14.2. The van der Waals surface area contributed by atoms with Crippen LogP contribution >= 0.6 is 11.3 Å². The van der Waals surface area contributed by atoms with Gasteiger partial charge in [0.05, 0.1) is 4.90 Å². The molecule has 1 aromatic carbocycles. The maximum atomic E-state index is 11.1. The fourth-order valence-corrected chi connectivity index (χ4v) is 3.09. The Morgan fingerprint density at radius 1 is 1.16 bits per heavy atom. The molecule has 0 aliphatic heterocycles. The van der Waals surface area contributed by atoms with Crippen molar-refractivity contribution in [2.45, 2.75) is 24.9 Å². The Hall–Kier alpha value is -1.21. The van der Waals surface area contributed by atoms with Gasteiger partial charge in [-0.25, -0.2) is 13.6 Å². The van der Waals surface area contributed by atoms with Crippen LogP contribution in [0.25, 0.3) is 0 Å². The summed E-state index contributed by atoms with van der Waals surface area (Å²) in [5.41, 5.74) is 2.32. The molecule has 2 aromatic rings. The van der Waals surface area contributed by atoms with Crippen LogP contribution in [0.3, 0.4) is 0 Å². The molecule has 2 rings (SSSR count). The second-order valence-electron chi connectivity index (χ2n) is 4.32. The summed E-state index contributed by atoms with van der Waals surface area (Å²) >= 11 is 1.73. The molecule has 1 aromatic heterocycles. The molecule has 4 nitrogen and oxygen atoms in total. The molecule has 0 aliphatic carbocycles. The van der Waals surface area contributed by atoms with Crippen molar-refractivity contribution < 1.29 is 8.42 Å². The minimum atomic E-state index is -3.60. The van der Waals surface area contributed by atoms with E-state index in [-0.39, 0.29) is 4.90 Å². The van der Waals surface area contributed by atoms with E-state index < -0.39 is 10.0 Å². The lowest BCUT2D eigenvalue weighted by Crippen LogP contribution is -2.14. The summed E-state index contributed by atoms with van der Waals surface area (Å²) < 4.78 is 22.2. The Kier molecular flexibility index (Phi) is 4.36. The van der Waals surface area contributed by atoms with Crippen LogP contribution in [0.4, 0.5) is 0 Å². The molecule has 19 heavy (non-hydrogen) atoms. The molecule has 0 unspecified atom stereocenters. The summed E-state index contributed by atoms with van der Waals surface area (Å²) in [6.45, 7) is 3.61. The van der Waals surface area contributed by atoms with Crippen molar-refractivity contribution in [2.24, 2.45) is 5.14 Å². The third kappa shape index (κ3) is 3.87. The van der Waals surface area contributed by atoms with Gasteiger partial charge in [-0.3, -0.25) is 0 Å². The number of nitrogens with two attached hydrogens (primary N) is 1. The molecular formula is C13H16N2O2S2. The van der Waals surface area contributed by atoms with Gasteiger partial charge in [0, 0.05) is 18.0 Å². The highest BCUT2D eigenvalue weighted by molar-refractivity contribution is 7.89. The number of hydrogen-bond acceptors (Lipinski definition) is 4. The predicted molar refractivity (Wildman–Crippen MR) is 77.4 cm³/mol. The van der Waals surface area contributed by atoms with Crippen LogP contribution < -0.4 is 10.5 Å². The molecule has 0 bridgehead atoms. The number of hydrogen-bond donors (Lipinski definition) is 2. The third-order valence-electron chi connectivity index (χ3n) is 2.83. The molecule has 0 spiro atoms. The van der Waals surface area contributed by atoms with E-state index in [0.29, 0.717) is 6.54 Å². The zero-order valence-corrected chi connectivity index (χ0v) is 12.2. The lowest BCUT2D eigenvalue weighted by Gasteiger charge is -2.05. The monoisotopic (exact) mass is 296 g/mol. The number of rotatable bonds is 5. The lowest BCUT2D eigenvalue weighted by molar-refractivity contribution is 0.597. The number of aryl methyl sites for hydroxylation is 1. The van der Waals surface area contributed by atoms with Crippen molar-refractivity contribution in [3.63, 3.8) is 0 Å². The van der Waals surface area contributed by atoms with Gasteiger partial charge in [0.15, 0.2) is 0 Å². The Labute approximate surface area is 117 Å². The normalized spacial score (nSPS) is 11.7. The maximum absolute atomic E-state index is 11.1. The minimum absolute atomic E-state index is 0.144. The molecule has 0 amide bonds. The predicted octanol–water partition coefficient (Wildman–Crippen LogP) is 1.99. The summed E-state index contributed by atoms with van der Waals surface area (Å²) in [5, 5.41) is 10.5. The van der Waals surface area contributed by atoms with Gasteiger partial charge in [-0.05, 0) is 41.6 Å². The molecule has 0 fully saturated rings. The van der Waals surface area contributed by atoms with Gasteiger partial charge in [-0.15, -0.1) is 11.3 Å². The molecule has 3 N–H and O–H groups in total. The molecule has 0 aliphatic rings. The fraction of sp³-hybridized carbons (Fsp3) is 0.231. The molecule has 0 atom stereocenters. The van der Waals surface area contributed by atoms with Gasteiger partial charge in [0.2, 0.25) is 10.0 Å². The summed E-state index contributed by atoms with van der Waals surface area (Å²) in [4.78, 5) is 1.46. The quantitative estimate of drug-likeness (QED) is 0.886. The van der Waals surface area contributed by atoms with Gasteiger partial charge in [-0.1, -0.05) is 12.1 Å². The molecule has 0 saturated heterocycles. The highest BCUT2D eigenvalue weighted by Crippen LogP contribution is 2.15. The van der Waals surface area contributed by atoms with E-state index in [1.54, 1.807) is 23.5 Å². The van der Waals surface area contributed by atoms with Crippen molar-refractivity contribution in [1.29, 1.82) is 0 Å². The topological polar surface area (TPSA) is 72.2 Å². The molecule has 0 radical (unpaired) electrons. The highest BCUT2D eigenvalue weighted by atomic mass is 32.2. The highest BCUT2D eigenvalue weighted by Gasteiger charge is 2.06. The van der Waals surface area contributed by atoms with Gasteiger partial charge in [-0.2, -0.15) is 0 Å². The average Bonchev–Trinajstić information content (AvgIpc) is 2.75. The van der Waals surface area contributed by atoms with E-state index in [1.807, 2.05) is 0 Å². The van der Waals surface area contributed by atoms with Crippen LogP contribution in [0.1, 0.15) is 16.0 Å². The first-order chi connectivity index (χ1) is 8.97. The fourth-order valence-electron chi connectivity index (χ4n) is 1.70. The molecule has 6 heteroatoms. The van der Waals surface area contributed by atoms with Crippen molar-refractivity contribution >= 4 is 21.4 Å². The SMILES string of the molecule is Cc1ccsc1CNCc1ccc(S(N)(=O)=O)cc1. The van der Waals surface area contributed by atoms with E-state index in [4.69, 9.17) is 5.14 Å². The van der Waals surface area contributed by atoms with Crippen molar-refractivity contribution in [1.82, 2.24) is 5.32 Å². The van der Waals surface area contributed by atoms with Crippen LogP contribution in [0.2, 0.25) is 0 Å². The zero-order valence-electron chi connectivity index (χ0n) is 10.6. The Morgan fingerprint density at radius 2 is 1.84 bits per heavy atom. The second kappa shape index (κ2) is 5.83. The molecule has 0 saturated carbocycles. The number of primary sulfonamides is 1. The van der Waals surface area contributed by atoms with Gasteiger partial charge >= 0.3 is 0 Å². The lowest BCUT2D eigenvalue weighted by atomic mass is 10.2. The van der Waals surface area contributed by atoms with Crippen molar-refractivity contribution in [2.75, 3.05) is 0 Å². The summed E-state index contributed by atoms with van der Waals surface area (Å²) in [7, 11) is -3.60. The Balaban J connectivity index is 1.92. The van der Waals surface area contributed by atoms with E-state index in [9.17, 15) is 8.42 Å². The maximum Gasteiger partial charge on any atom is 0.238 e.